The summed E-state index contributed by atoms with van der Waals surface area (Å²) in [5.41, 5.74) is 2.25. The van der Waals surface area contributed by atoms with Crippen molar-refractivity contribution >= 4 is 15.9 Å². The van der Waals surface area contributed by atoms with Crippen LogP contribution in [0.15, 0.2) is 10.5 Å². The number of rotatable bonds is 1. The van der Waals surface area contributed by atoms with Crippen molar-refractivity contribution in [1.29, 1.82) is 0 Å². The van der Waals surface area contributed by atoms with Crippen molar-refractivity contribution in [3.8, 4) is 11.5 Å². The zero-order valence-corrected chi connectivity index (χ0v) is 14.6. The fraction of sp³-hybridized carbons (Fsp3) is 0.667. The lowest BCUT2D eigenvalue weighted by Gasteiger charge is -2.56. The Bertz CT molecular complexity index is 693. The number of benzene rings is 1. The summed E-state index contributed by atoms with van der Waals surface area (Å²) < 4.78 is 27.3. The molecule has 6 atom stereocenters. The van der Waals surface area contributed by atoms with Gasteiger partial charge in [0.1, 0.15) is 18.4 Å². The van der Waals surface area contributed by atoms with Gasteiger partial charge in [0.05, 0.1) is 7.11 Å². The molecule has 0 radical (unpaired) electrons. The molecule has 0 aromatic heterocycles. The van der Waals surface area contributed by atoms with Crippen molar-refractivity contribution in [1.82, 2.24) is 0 Å². The third kappa shape index (κ3) is 1.58. The molecule has 23 heavy (non-hydrogen) atoms. The predicted octanol–water partition coefficient (Wildman–Crippen LogP) is 3.53. The molecule has 2 fully saturated rings. The minimum Gasteiger partial charge on any atom is -0.493 e. The molecule has 3 nitrogen and oxygen atoms in total. The molecule has 5 rings (SSSR count). The molecule has 1 N–H and O–H groups in total. The summed E-state index contributed by atoms with van der Waals surface area (Å²) in [6.07, 6.45) is 1.96. The van der Waals surface area contributed by atoms with E-state index in [1.165, 1.54) is 11.1 Å². The van der Waals surface area contributed by atoms with Crippen LogP contribution in [0.2, 0.25) is 0 Å². The van der Waals surface area contributed by atoms with Crippen molar-refractivity contribution in [3.63, 3.8) is 0 Å². The van der Waals surface area contributed by atoms with Crippen molar-refractivity contribution in [2.24, 2.45) is 11.8 Å². The van der Waals surface area contributed by atoms with Crippen LogP contribution < -0.4 is 9.47 Å². The van der Waals surface area contributed by atoms with E-state index in [1.54, 1.807) is 7.11 Å². The SMILES string of the molecule is COc1cc(Br)c2c3c1O[C@H]1[C@@H](O)[C@H](F)C[C@H]4[C@H](CCC[C@@]341)C2. The fourth-order valence-corrected chi connectivity index (χ4v) is 6.53. The van der Waals surface area contributed by atoms with Crippen molar-refractivity contribution in [2.75, 3.05) is 7.11 Å². The predicted molar refractivity (Wildman–Crippen MR) is 86.8 cm³/mol. The minimum absolute atomic E-state index is 0.231. The van der Waals surface area contributed by atoms with E-state index in [4.69, 9.17) is 9.47 Å². The third-order valence-electron chi connectivity index (χ3n) is 6.76. The van der Waals surface area contributed by atoms with E-state index in [-0.39, 0.29) is 11.3 Å². The quantitative estimate of drug-likeness (QED) is 0.807. The van der Waals surface area contributed by atoms with Crippen molar-refractivity contribution in [3.05, 3.63) is 21.7 Å². The number of methoxy groups -OCH3 is 1. The molecule has 2 saturated carbocycles. The minimum atomic E-state index is -1.19. The van der Waals surface area contributed by atoms with Crippen molar-refractivity contribution < 1.29 is 19.0 Å². The summed E-state index contributed by atoms with van der Waals surface area (Å²) >= 11 is 3.70. The van der Waals surface area contributed by atoms with Crippen LogP contribution in [0.25, 0.3) is 0 Å². The second kappa shape index (κ2) is 4.63. The number of ether oxygens (including phenoxy) is 2. The normalized spacial score (nSPS) is 42.9. The maximum Gasteiger partial charge on any atom is 0.166 e. The van der Waals surface area contributed by atoms with Gasteiger partial charge in [-0.3, -0.25) is 0 Å². The van der Waals surface area contributed by atoms with Gasteiger partial charge in [-0.05, 0) is 49.1 Å². The van der Waals surface area contributed by atoms with Gasteiger partial charge in [0.25, 0.3) is 0 Å². The number of alkyl halides is 1. The summed E-state index contributed by atoms with van der Waals surface area (Å²) in [6.45, 7) is 0. The van der Waals surface area contributed by atoms with E-state index in [2.05, 4.69) is 15.9 Å². The fourth-order valence-electron chi connectivity index (χ4n) is 5.97. The maximum absolute atomic E-state index is 14.5. The molecule has 124 valence electrons. The Morgan fingerprint density at radius 2 is 2.30 bits per heavy atom. The number of aliphatic hydroxyl groups excluding tert-OH is 1. The van der Waals surface area contributed by atoms with Crippen LogP contribution in [0.1, 0.15) is 36.8 Å². The Morgan fingerprint density at radius 1 is 1.48 bits per heavy atom. The summed E-state index contributed by atoms with van der Waals surface area (Å²) in [7, 11) is 1.63. The number of aliphatic hydroxyl groups is 1. The number of hydrogen-bond donors (Lipinski definition) is 1. The van der Waals surface area contributed by atoms with Gasteiger partial charge in [-0.2, -0.15) is 0 Å². The molecule has 1 heterocycles. The van der Waals surface area contributed by atoms with Crippen LogP contribution in [-0.4, -0.2) is 30.6 Å². The van der Waals surface area contributed by atoms with Crippen LogP contribution in [0, 0.1) is 11.8 Å². The van der Waals surface area contributed by atoms with Gasteiger partial charge in [0.15, 0.2) is 11.5 Å². The first-order valence-electron chi connectivity index (χ1n) is 8.46. The van der Waals surface area contributed by atoms with Crippen LogP contribution in [0.4, 0.5) is 4.39 Å². The maximum atomic E-state index is 14.5. The van der Waals surface area contributed by atoms with E-state index < -0.39 is 18.4 Å². The second-order valence-electron chi connectivity index (χ2n) is 7.53. The van der Waals surface area contributed by atoms with Gasteiger partial charge < -0.3 is 14.6 Å². The van der Waals surface area contributed by atoms with Gasteiger partial charge in [-0.1, -0.05) is 22.4 Å². The molecule has 0 saturated heterocycles. The molecule has 0 unspecified atom stereocenters. The van der Waals surface area contributed by atoms with E-state index in [9.17, 15) is 9.50 Å². The Morgan fingerprint density at radius 3 is 3.09 bits per heavy atom. The van der Waals surface area contributed by atoms with Gasteiger partial charge in [-0.25, -0.2) is 4.39 Å². The molecular weight excluding hydrogens is 363 g/mol. The molecule has 3 aliphatic carbocycles. The van der Waals surface area contributed by atoms with Gasteiger partial charge in [0, 0.05) is 15.5 Å². The third-order valence-corrected chi connectivity index (χ3v) is 7.47. The van der Waals surface area contributed by atoms with E-state index in [0.717, 1.165) is 35.9 Å². The molecule has 0 amide bonds. The molecule has 1 aliphatic heterocycles. The largest absolute Gasteiger partial charge is 0.493 e. The Balaban J connectivity index is 1.82. The monoisotopic (exact) mass is 382 g/mol. The van der Waals surface area contributed by atoms with Gasteiger partial charge >= 0.3 is 0 Å². The van der Waals surface area contributed by atoms with Crippen LogP contribution >= 0.6 is 15.9 Å². The highest BCUT2D eigenvalue weighted by Gasteiger charge is 2.66. The molecular formula is C18H20BrFO3. The standard InChI is InChI=1S/C18H20BrFO3/c1-22-13-7-11(19)9-5-8-3-2-4-18-10(8)6-12(20)15(21)17(18)23-16(13)14(9)18/h7-8,10,12,15,17,21H,2-6H2,1H3/t8-,10+,12-,15+,17+,18+/m1/s1. The van der Waals surface area contributed by atoms with E-state index in [0.29, 0.717) is 18.1 Å². The summed E-state index contributed by atoms with van der Waals surface area (Å²) in [4.78, 5) is 0. The van der Waals surface area contributed by atoms with Crippen LogP contribution in [0.5, 0.6) is 11.5 Å². The lowest BCUT2D eigenvalue weighted by atomic mass is 9.48. The second-order valence-corrected chi connectivity index (χ2v) is 8.38. The van der Waals surface area contributed by atoms with E-state index >= 15 is 0 Å². The molecule has 4 aliphatic rings. The van der Waals surface area contributed by atoms with Crippen LogP contribution in [-0.2, 0) is 11.8 Å². The lowest BCUT2D eigenvalue weighted by Crippen LogP contribution is -2.63. The lowest BCUT2D eigenvalue weighted by molar-refractivity contribution is -0.122. The Labute approximate surface area is 143 Å². The van der Waals surface area contributed by atoms with Crippen molar-refractivity contribution in [2.45, 2.75) is 55.9 Å². The van der Waals surface area contributed by atoms with Gasteiger partial charge in [-0.15, -0.1) is 0 Å². The number of hydrogen-bond acceptors (Lipinski definition) is 3. The summed E-state index contributed by atoms with van der Waals surface area (Å²) in [5, 5.41) is 10.5. The molecule has 1 aromatic rings. The Hall–Kier alpha value is -0.810. The zero-order chi connectivity index (χ0) is 15.9. The first-order chi connectivity index (χ1) is 11.1. The van der Waals surface area contributed by atoms with Crippen LogP contribution in [0.3, 0.4) is 0 Å². The highest BCUT2D eigenvalue weighted by molar-refractivity contribution is 9.10. The topological polar surface area (TPSA) is 38.7 Å². The average molecular weight is 383 g/mol. The first-order valence-corrected chi connectivity index (χ1v) is 9.26. The molecule has 2 bridgehead atoms. The van der Waals surface area contributed by atoms with E-state index in [1.807, 2.05) is 6.07 Å². The smallest absolute Gasteiger partial charge is 0.166 e. The first kappa shape index (κ1) is 14.5. The highest BCUT2D eigenvalue weighted by atomic mass is 79.9. The summed E-state index contributed by atoms with van der Waals surface area (Å²) in [6, 6.07) is 1.96. The molecule has 1 aromatic carbocycles. The molecule has 5 heteroatoms. The zero-order valence-electron chi connectivity index (χ0n) is 13.0. The molecule has 1 spiro atoms. The average Bonchev–Trinajstić information content (AvgIpc) is 2.86. The summed E-state index contributed by atoms with van der Waals surface area (Å²) in [5.74, 6) is 2.19. The number of halogens is 2. The van der Waals surface area contributed by atoms with Gasteiger partial charge in [0.2, 0.25) is 0 Å². The highest BCUT2D eigenvalue weighted by Crippen LogP contribution is 2.66. The Kier molecular flexibility index (Phi) is 2.92.